The molecule has 9 heavy (non-hydrogen) atoms. The molecule has 1 aliphatic heterocycles. The Labute approximate surface area is 66.0 Å². The first-order valence-corrected chi connectivity index (χ1v) is 2.14. The summed E-state index contributed by atoms with van der Waals surface area (Å²) in [5.41, 5.74) is 0. The second kappa shape index (κ2) is 3.51. The number of hydrogen-bond acceptors (Lipinski definition) is 2. The second-order valence-corrected chi connectivity index (χ2v) is 1.40. The van der Waals surface area contributed by atoms with Gasteiger partial charge >= 0.3 is 0 Å². The molecule has 0 spiro atoms. The molecule has 0 aromatic carbocycles. The fourth-order valence-corrected chi connectivity index (χ4v) is 0.410. The summed E-state index contributed by atoms with van der Waals surface area (Å²) in [6.45, 7) is 0. The van der Waals surface area contributed by atoms with Crippen molar-refractivity contribution >= 4 is 18.2 Å². The van der Waals surface area contributed by atoms with Crippen molar-refractivity contribution in [3.8, 4) is 0 Å². The van der Waals surface area contributed by atoms with Crippen molar-refractivity contribution in [2.24, 2.45) is 4.99 Å². The van der Waals surface area contributed by atoms with Gasteiger partial charge in [0, 0.05) is 21.1 Å². The van der Waals surface area contributed by atoms with E-state index in [1.807, 2.05) is 0 Å². The van der Waals surface area contributed by atoms with Crippen molar-refractivity contribution in [2.45, 2.75) is 6.42 Å². The molecular weight excluding hydrogens is 303 g/mol. The molecule has 0 bridgehead atoms. The van der Waals surface area contributed by atoms with Gasteiger partial charge in [-0.3, -0.25) is 9.59 Å². The molecule has 0 aliphatic carbocycles. The molecule has 2 amide bonds. The molecule has 0 atom stereocenters. The van der Waals surface area contributed by atoms with Gasteiger partial charge in [0.2, 0.25) is 5.91 Å². The molecule has 0 aromatic heterocycles. The maximum Gasteiger partial charge on any atom is 0.256 e. The van der Waals surface area contributed by atoms with Crippen molar-refractivity contribution < 1.29 is 30.7 Å². The Balaban J connectivity index is 0.000000640. The third-order valence-electron chi connectivity index (χ3n) is 0.746. The number of carbonyl (C=O) groups is 2. The molecule has 5 heteroatoms. The first kappa shape index (κ1) is 8.50. The summed E-state index contributed by atoms with van der Waals surface area (Å²) in [6.07, 6.45) is 0.991. The van der Waals surface area contributed by atoms with Crippen LogP contribution >= 0.6 is 0 Å². The van der Waals surface area contributed by atoms with Crippen LogP contribution in [0.3, 0.4) is 0 Å². The Bertz CT molecular complexity index is 166. The van der Waals surface area contributed by atoms with E-state index in [4.69, 9.17) is 0 Å². The van der Waals surface area contributed by atoms with E-state index in [2.05, 4.69) is 10.3 Å². The number of nitrogens with zero attached hydrogens (tertiary/aromatic N) is 1. The molecule has 0 saturated carbocycles. The molecule has 0 radical (unpaired) electrons. The van der Waals surface area contributed by atoms with Gasteiger partial charge in [-0.15, -0.1) is 0 Å². The monoisotopic (exact) mass is 307 g/mol. The van der Waals surface area contributed by atoms with Crippen LogP contribution in [0.15, 0.2) is 4.99 Å². The minimum absolute atomic E-state index is 0. The van der Waals surface area contributed by atoms with Crippen LogP contribution in [-0.4, -0.2) is 18.2 Å². The third kappa shape index (κ3) is 2.51. The number of aliphatic imine (C=N–C) groups is 1. The van der Waals surface area contributed by atoms with Gasteiger partial charge in [-0.25, -0.2) is 4.99 Å². The van der Waals surface area contributed by atoms with E-state index in [0.717, 1.165) is 6.34 Å². The number of rotatable bonds is 0. The summed E-state index contributed by atoms with van der Waals surface area (Å²) in [5, 5.41) is 2.26. The van der Waals surface area contributed by atoms with Gasteiger partial charge in [-0.05, 0) is 0 Å². The van der Waals surface area contributed by atoms with Crippen LogP contribution < -0.4 is 5.32 Å². The SMILES string of the molecule is O=C1CC(=O)NC=N1.[Pt]. The van der Waals surface area contributed by atoms with Crippen molar-refractivity contribution in [1.29, 1.82) is 0 Å². The van der Waals surface area contributed by atoms with Crippen molar-refractivity contribution in [1.82, 2.24) is 5.32 Å². The molecule has 0 aromatic rings. The topological polar surface area (TPSA) is 58.5 Å². The van der Waals surface area contributed by atoms with E-state index < -0.39 is 0 Å². The summed E-state index contributed by atoms with van der Waals surface area (Å²) in [5.74, 6) is -0.668. The number of hydrogen-bond donors (Lipinski definition) is 1. The van der Waals surface area contributed by atoms with Crippen LogP contribution in [-0.2, 0) is 30.7 Å². The minimum Gasteiger partial charge on any atom is -0.316 e. The quantitative estimate of drug-likeness (QED) is 0.587. The predicted molar refractivity (Wildman–Crippen MR) is 26.3 cm³/mol. The Morgan fingerprint density at radius 3 is 2.56 bits per heavy atom. The van der Waals surface area contributed by atoms with E-state index in [0.29, 0.717) is 0 Å². The fraction of sp³-hybridized carbons (Fsp3) is 0.250. The van der Waals surface area contributed by atoms with Gasteiger partial charge in [-0.2, -0.15) is 0 Å². The van der Waals surface area contributed by atoms with E-state index in [1.54, 1.807) is 0 Å². The van der Waals surface area contributed by atoms with Gasteiger partial charge < -0.3 is 5.32 Å². The summed E-state index contributed by atoms with van der Waals surface area (Å²) >= 11 is 0. The van der Waals surface area contributed by atoms with Crippen molar-refractivity contribution in [2.75, 3.05) is 0 Å². The molecule has 1 N–H and O–H groups in total. The predicted octanol–water partition coefficient (Wildman–Crippen LogP) is -0.941. The zero-order valence-corrected chi connectivity index (χ0v) is 6.64. The molecule has 1 heterocycles. The first-order valence-electron chi connectivity index (χ1n) is 2.14. The van der Waals surface area contributed by atoms with Crippen molar-refractivity contribution in [3.05, 3.63) is 0 Å². The van der Waals surface area contributed by atoms with Crippen LogP contribution in [0.4, 0.5) is 0 Å². The Hall–Kier alpha value is -0.502. The molecule has 1 rings (SSSR count). The van der Waals surface area contributed by atoms with Crippen LogP contribution in [0.1, 0.15) is 6.42 Å². The van der Waals surface area contributed by atoms with Crippen LogP contribution in [0.5, 0.6) is 0 Å². The van der Waals surface area contributed by atoms with Gasteiger partial charge in [0.05, 0.1) is 6.34 Å². The van der Waals surface area contributed by atoms with Crippen LogP contribution in [0, 0.1) is 0 Å². The van der Waals surface area contributed by atoms with Gasteiger partial charge in [-0.1, -0.05) is 0 Å². The van der Waals surface area contributed by atoms with Gasteiger partial charge in [0.25, 0.3) is 5.91 Å². The number of nitrogens with one attached hydrogen (secondary N) is 1. The second-order valence-electron chi connectivity index (χ2n) is 1.40. The Kier molecular flexibility index (Phi) is 3.31. The van der Waals surface area contributed by atoms with E-state index in [9.17, 15) is 9.59 Å². The maximum atomic E-state index is 10.3. The molecule has 0 saturated heterocycles. The minimum atomic E-state index is -0.381. The normalized spacial score (nSPS) is 16.4. The zero-order chi connectivity index (χ0) is 5.98. The average molecular weight is 307 g/mol. The maximum absolute atomic E-state index is 10.3. The molecule has 4 nitrogen and oxygen atoms in total. The molecule has 52 valence electrons. The zero-order valence-electron chi connectivity index (χ0n) is 4.36. The van der Waals surface area contributed by atoms with E-state index in [1.165, 1.54) is 0 Å². The number of amides is 2. The van der Waals surface area contributed by atoms with E-state index >= 15 is 0 Å². The van der Waals surface area contributed by atoms with Crippen LogP contribution in [0.2, 0.25) is 0 Å². The number of carbonyl (C=O) groups excluding carboxylic acids is 2. The summed E-state index contributed by atoms with van der Waals surface area (Å²) in [4.78, 5) is 23.7. The van der Waals surface area contributed by atoms with Gasteiger partial charge in [0.15, 0.2) is 0 Å². The van der Waals surface area contributed by atoms with E-state index in [-0.39, 0.29) is 39.3 Å². The Morgan fingerprint density at radius 2 is 2.22 bits per heavy atom. The molecule has 1 aliphatic rings. The Morgan fingerprint density at radius 1 is 1.56 bits per heavy atom. The molecule has 0 unspecified atom stereocenters. The van der Waals surface area contributed by atoms with Crippen LogP contribution in [0.25, 0.3) is 0 Å². The van der Waals surface area contributed by atoms with Crippen molar-refractivity contribution in [3.63, 3.8) is 0 Å². The molecular formula is C4H4N2O2Pt. The smallest absolute Gasteiger partial charge is 0.256 e. The molecule has 0 fully saturated rings. The third-order valence-corrected chi connectivity index (χ3v) is 0.746. The summed E-state index contributed by atoms with van der Waals surface area (Å²) < 4.78 is 0. The standard InChI is InChI=1S/C4H4N2O2.Pt/c7-3-1-4(8)6-2-5-3;/h2H,1H2,(H,5,6,7,8);. The summed E-state index contributed by atoms with van der Waals surface area (Å²) in [7, 11) is 0. The summed E-state index contributed by atoms with van der Waals surface area (Å²) in [6, 6.07) is 0. The fourth-order valence-electron chi connectivity index (χ4n) is 0.410. The first-order chi connectivity index (χ1) is 3.79. The van der Waals surface area contributed by atoms with Gasteiger partial charge in [0.1, 0.15) is 6.42 Å². The average Bonchev–Trinajstić information content (AvgIpc) is 1.64. The largest absolute Gasteiger partial charge is 0.316 e.